The van der Waals surface area contributed by atoms with Gasteiger partial charge in [0.15, 0.2) is 11.9 Å². The molecule has 0 bridgehead atoms. The lowest BCUT2D eigenvalue weighted by atomic mass is 10.2. The highest BCUT2D eigenvalue weighted by Crippen LogP contribution is 2.32. The third-order valence-electron chi connectivity index (χ3n) is 4.70. The van der Waals surface area contributed by atoms with E-state index in [-0.39, 0.29) is 22.8 Å². The zero-order valence-corrected chi connectivity index (χ0v) is 20.4. The van der Waals surface area contributed by atoms with Crippen molar-refractivity contribution in [1.82, 2.24) is 19.9 Å². The van der Waals surface area contributed by atoms with Crippen molar-refractivity contribution >= 4 is 38.5 Å². The normalized spacial score (nSPS) is 12.8. The van der Waals surface area contributed by atoms with Crippen LogP contribution >= 0.6 is 0 Å². The van der Waals surface area contributed by atoms with Crippen LogP contribution in [0.15, 0.2) is 35.1 Å². The molecule has 1 aromatic carbocycles. The fourth-order valence-corrected chi connectivity index (χ4v) is 3.64. The van der Waals surface area contributed by atoms with E-state index in [2.05, 4.69) is 19.8 Å². The minimum absolute atomic E-state index is 0.155. The van der Waals surface area contributed by atoms with Crippen molar-refractivity contribution in [1.29, 1.82) is 4.78 Å². The number of ether oxygens (including phenoxy) is 1. The molecular weight excluding hydrogens is 506 g/mol. The molecule has 36 heavy (non-hydrogen) atoms. The molecule has 194 valence electrons. The van der Waals surface area contributed by atoms with E-state index in [4.69, 9.17) is 9.52 Å². The van der Waals surface area contributed by atoms with Crippen LogP contribution in [-0.2, 0) is 14.4 Å². The summed E-state index contributed by atoms with van der Waals surface area (Å²) in [6.45, 7) is 1.33. The summed E-state index contributed by atoms with van der Waals surface area (Å²) in [7, 11) is -2.21. The van der Waals surface area contributed by atoms with Crippen molar-refractivity contribution in [3.63, 3.8) is 0 Å². The second kappa shape index (κ2) is 10.1. The molecule has 0 unspecified atom stereocenters. The fourth-order valence-electron chi connectivity index (χ4n) is 3.12. The van der Waals surface area contributed by atoms with Crippen molar-refractivity contribution in [2.24, 2.45) is 4.36 Å². The van der Waals surface area contributed by atoms with Crippen molar-refractivity contribution in [2.75, 3.05) is 24.4 Å². The predicted molar refractivity (Wildman–Crippen MR) is 125 cm³/mol. The molecule has 0 aliphatic rings. The number of hydrogen-bond acceptors (Lipinski definition) is 7. The average molecular weight is 530 g/mol. The number of alkyl halides is 3. The molecule has 0 spiro atoms. The summed E-state index contributed by atoms with van der Waals surface area (Å²) in [6.07, 6.45) is -0.232. The number of carbonyl (C=O) groups excluding carboxylic acids is 2. The first-order valence-electron chi connectivity index (χ1n) is 10.3. The number of nitrogens with zero attached hydrogens (tertiary/aromatic N) is 4. The van der Waals surface area contributed by atoms with Crippen LogP contribution in [0.4, 0.5) is 29.1 Å². The maximum Gasteiger partial charge on any atom is 0.405 e. The summed E-state index contributed by atoms with van der Waals surface area (Å²) >= 11 is 0. The third kappa shape index (κ3) is 6.68. The topological polar surface area (TPSA) is 134 Å². The van der Waals surface area contributed by atoms with Gasteiger partial charge < -0.3 is 15.4 Å². The molecule has 0 fully saturated rings. The highest BCUT2D eigenvalue weighted by molar-refractivity contribution is 7.93. The number of anilines is 2. The third-order valence-corrected chi connectivity index (χ3v) is 5.32. The summed E-state index contributed by atoms with van der Waals surface area (Å²) in [4.78, 5) is 28.8. The van der Waals surface area contributed by atoms with Gasteiger partial charge in [0.2, 0.25) is 0 Å². The first kappa shape index (κ1) is 26.8. The number of aromatic nitrogens is 3. The number of hydrogen-bond donors (Lipinski definition) is 3. The Bertz CT molecular complexity index is 1440. The van der Waals surface area contributed by atoms with Crippen LogP contribution in [0.2, 0.25) is 0 Å². The number of amides is 2. The van der Waals surface area contributed by atoms with Crippen molar-refractivity contribution in [3.05, 3.63) is 47.7 Å². The lowest BCUT2D eigenvalue weighted by molar-refractivity contribution is -0.142. The number of halogens is 4. The number of benzene rings is 1. The lowest BCUT2D eigenvalue weighted by Gasteiger charge is -2.18. The van der Waals surface area contributed by atoms with Gasteiger partial charge in [-0.1, -0.05) is 9.62 Å². The van der Waals surface area contributed by atoms with Gasteiger partial charge in [0, 0.05) is 24.8 Å². The van der Waals surface area contributed by atoms with E-state index < -0.39 is 46.1 Å². The Morgan fingerprint density at radius 1 is 1.31 bits per heavy atom. The minimum atomic E-state index is -4.60. The van der Waals surface area contributed by atoms with Crippen LogP contribution < -0.4 is 15.4 Å². The molecule has 10 nitrogen and oxygen atoms in total. The van der Waals surface area contributed by atoms with Crippen LogP contribution in [0.25, 0.3) is 5.52 Å². The standard InChI is InChI=1S/C21H23F4N7O3S/c1-11-14(20(34)31-36(3,4)26)8-32-17(11)18(28-10-29-32)30-15-6-5-13(22)7-16(15)35-12(2)19(33)27-9-21(23,24)25/h5-8,10,12,26H,9H2,1-4H3,(H,27,33)(H,28,29,30)/t12-/m1/s1. The number of carbonyl (C=O) groups is 2. The summed E-state index contributed by atoms with van der Waals surface area (Å²) in [6, 6.07) is 3.38. The summed E-state index contributed by atoms with van der Waals surface area (Å²) < 4.78 is 69.8. The molecule has 0 radical (unpaired) electrons. The van der Waals surface area contributed by atoms with Gasteiger partial charge in [-0.25, -0.2) is 13.9 Å². The first-order valence-corrected chi connectivity index (χ1v) is 12.7. The smallest absolute Gasteiger partial charge is 0.405 e. The second-order valence-electron chi connectivity index (χ2n) is 8.10. The Morgan fingerprint density at radius 2 is 2.00 bits per heavy atom. The second-order valence-corrected chi connectivity index (χ2v) is 10.8. The van der Waals surface area contributed by atoms with E-state index in [0.717, 1.165) is 12.1 Å². The summed E-state index contributed by atoms with van der Waals surface area (Å²) in [5.41, 5.74) is 1.24. The van der Waals surface area contributed by atoms with Crippen LogP contribution in [0.1, 0.15) is 22.8 Å². The minimum Gasteiger partial charge on any atom is -0.479 e. The number of aryl methyl sites for hydroxylation is 1. The number of fused-ring (bicyclic) bond motifs is 1. The highest BCUT2D eigenvalue weighted by Gasteiger charge is 2.29. The van der Waals surface area contributed by atoms with E-state index in [1.165, 1.54) is 30.0 Å². The molecular formula is C21H23F4N7O3S. The van der Waals surface area contributed by atoms with Gasteiger partial charge >= 0.3 is 6.18 Å². The quantitative estimate of drug-likeness (QED) is 0.398. The summed E-state index contributed by atoms with van der Waals surface area (Å²) in [5, 5.41) is 8.73. The monoisotopic (exact) mass is 529 g/mol. The van der Waals surface area contributed by atoms with E-state index in [1.807, 2.05) is 0 Å². The van der Waals surface area contributed by atoms with Gasteiger partial charge in [-0.05, 0) is 31.5 Å². The zero-order chi connectivity index (χ0) is 26.8. The SMILES string of the molecule is Cc1c(C(=O)N=S(C)(C)=N)cn2ncnc(Nc3ccc(F)cc3O[C@H](C)C(=O)NCC(F)(F)F)c12. The van der Waals surface area contributed by atoms with Gasteiger partial charge in [0.25, 0.3) is 11.8 Å². The highest BCUT2D eigenvalue weighted by atomic mass is 32.2. The fraction of sp³-hybridized carbons (Fsp3) is 0.333. The molecule has 0 aliphatic carbocycles. The summed E-state index contributed by atoms with van der Waals surface area (Å²) in [5.74, 6) is -2.29. The Morgan fingerprint density at radius 3 is 2.64 bits per heavy atom. The lowest BCUT2D eigenvalue weighted by Crippen LogP contribution is -2.41. The molecule has 3 rings (SSSR count). The largest absolute Gasteiger partial charge is 0.479 e. The molecule has 2 heterocycles. The number of nitrogens with one attached hydrogen (secondary N) is 3. The van der Waals surface area contributed by atoms with E-state index in [0.29, 0.717) is 11.1 Å². The molecule has 0 saturated heterocycles. The van der Waals surface area contributed by atoms with Gasteiger partial charge in [-0.3, -0.25) is 14.4 Å². The van der Waals surface area contributed by atoms with Crippen LogP contribution in [0, 0.1) is 17.5 Å². The number of rotatable bonds is 7. The molecule has 15 heteroatoms. The van der Waals surface area contributed by atoms with Crippen LogP contribution in [-0.4, -0.2) is 57.7 Å². The van der Waals surface area contributed by atoms with Gasteiger partial charge in [0.05, 0.1) is 11.3 Å². The maximum atomic E-state index is 13.9. The average Bonchev–Trinajstić information content (AvgIpc) is 3.10. The van der Waals surface area contributed by atoms with Gasteiger partial charge in [-0.2, -0.15) is 22.6 Å². The molecule has 2 amide bonds. The van der Waals surface area contributed by atoms with Crippen LogP contribution in [0.3, 0.4) is 0 Å². The van der Waals surface area contributed by atoms with Gasteiger partial charge in [-0.15, -0.1) is 0 Å². The van der Waals surface area contributed by atoms with Crippen molar-refractivity contribution < 1.29 is 31.9 Å². The van der Waals surface area contributed by atoms with E-state index >= 15 is 0 Å². The van der Waals surface area contributed by atoms with Crippen molar-refractivity contribution in [2.45, 2.75) is 26.1 Å². The molecule has 1 atom stereocenters. The van der Waals surface area contributed by atoms with E-state index in [1.54, 1.807) is 24.8 Å². The Labute approximate surface area is 203 Å². The molecule has 0 saturated carbocycles. The maximum absolute atomic E-state index is 13.9. The molecule has 3 N–H and O–H groups in total. The van der Waals surface area contributed by atoms with Crippen LogP contribution in [0.5, 0.6) is 5.75 Å². The van der Waals surface area contributed by atoms with Gasteiger partial charge in [0.1, 0.15) is 30.0 Å². The Hall–Kier alpha value is -3.75. The Kier molecular flexibility index (Phi) is 7.52. The molecule has 2 aromatic heterocycles. The van der Waals surface area contributed by atoms with E-state index in [9.17, 15) is 27.2 Å². The molecule has 0 aliphatic heterocycles. The zero-order valence-electron chi connectivity index (χ0n) is 19.6. The first-order chi connectivity index (χ1) is 16.6. The Balaban J connectivity index is 1.94. The molecule has 3 aromatic rings. The predicted octanol–water partition coefficient (Wildman–Crippen LogP) is 3.87. The van der Waals surface area contributed by atoms with Crippen molar-refractivity contribution in [3.8, 4) is 5.75 Å².